The Morgan fingerprint density at radius 2 is 2.08 bits per heavy atom. The van der Waals surface area contributed by atoms with Gasteiger partial charge in [-0.1, -0.05) is 0 Å². The van der Waals surface area contributed by atoms with Gasteiger partial charge in [-0.05, 0) is 24.6 Å². The molecule has 0 heterocycles. The first-order valence-corrected chi connectivity index (χ1v) is 4.40. The van der Waals surface area contributed by atoms with Crippen LogP contribution in [0.3, 0.4) is 0 Å². The molecule has 0 spiro atoms. The summed E-state index contributed by atoms with van der Waals surface area (Å²) in [5.41, 5.74) is 6.07. The molecule has 0 radical (unpaired) electrons. The van der Waals surface area contributed by atoms with Gasteiger partial charge < -0.3 is 10.8 Å². The molecule has 12 heavy (non-hydrogen) atoms. The molecule has 1 rings (SSSR count). The molecule has 1 aliphatic rings. The van der Waals surface area contributed by atoms with Crippen LogP contribution >= 0.6 is 0 Å². The Morgan fingerprint density at radius 1 is 1.50 bits per heavy atom. The van der Waals surface area contributed by atoms with Crippen molar-refractivity contribution in [3.8, 4) is 0 Å². The zero-order valence-electron chi connectivity index (χ0n) is 6.48. The monoisotopic (exact) mass is 187 g/mol. The fourth-order valence-electron chi connectivity index (χ4n) is 0.976. The van der Waals surface area contributed by atoms with E-state index in [1.54, 1.807) is 6.92 Å². The van der Waals surface area contributed by atoms with Crippen LogP contribution in [0.1, 0.15) is 6.92 Å². The quantitative estimate of drug-likeness (QED) is 0.513. The van der Waals surface area contributed by atoms with Crippen LogP contribution in [-0.2, 0) is 10.3 Å². The summed E-state index contributed by atoms with van der Waals surface area (Å²) in [7, 11) is -2.36. The molecule has 0 aromatic carbocycles. The number of hydrogen-bond donors (Lipinski definition) is 2. The summed E-state index contributed by atoms with van der Waals surface area (Å²) >= 11 is 0. The molecule has 5 heteroatoms. The highest BCUT2D eigenvalue weighted by atomic mass is 32.2. The van der Waals surface area contributed by atoms with Crippen LogP contribution in [0.15, 0.2) is 23.5 Å². The molecule has 0 aromatic heterocycles. The highest BCUT2D eigenvalue weighted by Crippen LogP contribution is 2.11. The van der Waals surface area contributed by atoms with E-state index in [0.29, 0.717) is 5.57 Å². The molecule has 0 saturated heterocycles. The molecule has 66 valence electrons. The lowest BCUT2D eigenvalue weighted by Crippen LogP contribution is -2.34. The molecule has 1 atom stereocenters. The molecule has 3 N–H and O–H groups in total. The summed E-state index contributed by atoms with van der Waals surface area (Å²) in [6.07, 6.45) is 2.88. The first kappa shape index (κ1) is 9.02. The topological polar surface area (TPSA) is 80.4 Å². The third kappa shape index (κ3) is 1.57. The van der Waals surface area contributed by atoms with E-state index in [1.165, 1.54) is 12.2 Å². The molecule has 0 aromatic rings. The van der Waals surface area contributed by atoms with E-state index in [0.717, 1.165) is 0 Å². The van der Waals surface area contributed by atoms with Gasteiger partial charge in [-0.25, -0.2) is 0 Å². The van der Waals surface area contributed by atoms with E-state index in [4.69, 9.17) is 10.8 Å². The average Bonchev–Trinajstić information content (AvgIpc) is 1.96. The fraction of sp³-hybridized carbons (Fsp3) is 0.286. The predicted octanol–water partition coefficient (Wildman–Crippen LogP) is -0.233. The van der Waals surface area contributed by atoms with Crippen LogP contribution in [0.2, 0.25) is 0 Å². The Labute approximate surface area is 71.5 Å². The fourth-order valence-corrected chi connectivity index (χ4v) is 1.59. The van der Waals surface area contributed by atoms with Crippen LogP contribution in [0, 0.1) is 0 Å². The second-order valence-corrected chi connectivity index (χ2v) is 3.51. The second kappa shape index (κ2) is 3.12. The maximum absolute atomic E-state index is 10.6. The number of hydrogen-bond acceptors (Lipinski definition) is 4. The molecule has 0 fully saturated rings. The standard InChI is InChI=1S/C7H9NO3S/c1-4-2-5(9)7(8)6(3-4)12(10)11/h2-3,7,9H,8H2,1H3. The van der Waals surface area contributed by atoms with Crippen molar-refractivity contribution in [1.82, 2.24) is 0 Å². The zero-order valence-corrected chi connectivity index (χ0v) is 7.30. The van der Waals surface area contributed by atoms with Crippen molar-refractivity contribution in [2.45, 2.75) is 13.0 Å². The van der Waals surface area contributed by atoms with Gasteiger partial charge in [-0.3, -0.25) is 0 Å². The Morgan fingerprint density at radius 3 is 2.58 bits per heavy atom. The van der Waals surface area contributed by atoms with Crippen molar-refractivity contribution in [1.29, 1.82) is 0 Å². The third-order valence-electron chi connectivity index (χ3n) is 1.56. The predicted molar refractivity (Wildman–Crippen MR) is 46.4 cm³/mol. The second-order valence-electron chi connectivity index (χ2n) is 2.57. The number of aliphatic hydroxyl groups excluding tert-OH is 1. The number of allylic oxidation sites excluding steroid dienone is 2. The van der Waals surface area contributed by atoms with E-state index in [1.807, 2.05) is 0 Å². The van der Waals surface area contributed by atoms with Gasteiger partial charge in [0.25, 0.3) is 0 Å². The van der Waals surface area contributed by atoms with E-state index < -0.39 is 16.3 Å². The Hall–Kier alpha value is -1.07. The Kier molecular flexibility index (Phi) is 2.35. The summed E-state index contributed by atoms with van der Waals surface area (Å²) in [5, 5.41) is 9.17. The van der Waals surface area contributed by atoms with Crippen LogP contribution in [0.4, 0.5) is 0 Å². The lowest BCUT2D eigenvalue weighted by atomic mass is 10.0. The molecule has 0 bridgehead atoms. The molecular weight excluding hydrogens is 178 g/mol. The molecule has 1 aliphatic carbocycles. The number of aliphatic hydroxyl groups is 1. The van der Waals surface area contributed by atoms with Crippen molar-refractivity contribution in [2.75, 3.05) is 0 Å². The van der Waals surface area contributed by atoms with Crippen LogP contribution < -0.4 is 5.73 Å². The van der Waals surface area contributed by atoms with E-state index in [9.17, 15) is 8.42 Å². The third-order valence-corrected chi connectivity index (χ3v) is 2.32. The normalized spacial score (nSPS) is 23.2. The van der Waals surface area contributed by atoms with Crippen molar-refractivity contribution in [2.24, 2.45) is 5.73 Å². The largest absolute Gasteiger partial charge is 0.510 e. The smallest absolute Gasteiger partial charge is 0.219 e. The number of nitrogens with two attached hydrogens (primary N) is 1. The number of rotatable bonds is 0. The van der Waals surface area contributed by atoms with E-state index >= 15 is 0 Å². The van der Waals surface area contributed by atoms with Gasteiger partial charge in [0.1, 0.15) is 11.8 Å². The van der Waals surface area contributed by atoms with Crippen molar-refractivity contribution in [3.63, 3.8) is 0 Å². The van der Waals surface area contributed by atoms with Gasteiger partial charge >= 0.3 is 0 Å². The highest BCUT2D eigenvalue weighted by Gasteiger charge is 2.18. The van der Waals surface area contributed by atoms with E-state index in [-0.39, 0.29) is 10.6 Å². The van der Waals surface area contributed by atoms with Crippen molar-refractivity contribution >= 4 is 15.2 Å². The highest BCUT2D eigenvalue weighted by molar-refractivity contribution is 7.73. The first-order chi connectivity index (χ1) is 5.52. The average molecular weight is 187 g/mol. The minimum atomic E-state index is -2.36. The van der Waals surface area contributed by atoms with Gasteiger partial charge in [-0.2, -0.15) is 8.42 Å². The summed E-state index contributed by atoms with van der Waals surface area (Å²) in [6, 6.07) is -0.910. The van der Waals surface area contributed by atoms with Crippen LogP contribution in [0.25, 0.3) is 0 Å². The van der Waals surface area contributed by atoms with E-state index in [2.05, 4.69) is 0 Å². The Bertz CT molecular complexity index is 381. The Balaban J connectivity index is 3.30. The summed E-state index contributed by atoms with van der Waals surface area (Å²) in [6.45, 7) is 1.69. The molecule has 0 aliphatic heterocycles. The molecule has 0 amide bonds. The summed E-state index contributed by atoms with van der Waals surface area (Å²) in [5.74, 6) is -0.116. The lowest BCUT2D eigenvalue weighted by molar-refractivity contribution is 0.389. The van der Waals surface area contributed by atoms with Gasteiger partial charge in [0.05, 0.1) is 4.86 Å². The zero-order chi connectivity index (χ0) is 9.30. The minimum absolute atomic E-state index is 0.0208. The van der Waals surface area contributed by atoms with Crippen molar-refractivity contribution < 1.29 is 13.5 Å². The maximum atomic E-state index is 10.6. The molecule has 4 nitrogen and oxygen atoms in total. The van der Waals surface area contributed by atoms with Gasteiger partial charge in [0.2, 0.25) is 10.3 Å². The molecular formula is C7H9NO3S. The van der Waals surface area contributed by atoms with Gasteiger partial charge in [0.15, 0.2) is 0 Å². The summed E-state index contributed by atoms with van der Waals surface area (Å²) in [4.78, 5) is 0.0208. The van der Waals surface area contributed by atoms with Crippen molar-refractivity contribution in [3.05, 3.63) is 23.5 Å². The summed E-state index contributed by atoms with van der Waals surface area (Å²) < 4.78 is 21.1. The van der Waals surface area contributed by atoms with Crippen LogP contribution in [-0.4, -0.2) is 24.4 Å². The maximum Gasteiger partial charge on any atom is 0.219 e. The SMILES string of the molecule is CC1=CC(=S(=O)=O)C(N)C(O)=C1. The van der Waals surface area contributed by atoms with Gasteiger partial charge in [0, 0.05) is 0 Å². The first-order valence-electron chi connectivity index (χ1n) is 3.33. The molecule has 1 unspecified atom stereocenters. The molecule has 0 saturated carbocycles. The lowest BCUT2D eigenvalue weighted by Gasteiger charge is -2.13. The minimum Gasteiger partial charge on any atom is -0.510 e. The van der Waals surface area contributed by atoms with Crippen LogP contribution in [0.5, 0.6) is 0 Å². The van der Waals surface area contributed by atoms with Gasteiger partial charge in [-0.15, -0.1) is 0 Å².